The highest BCUT2D eigenvalue weighted by Crippen LogP contribution is 2.48. The Morgan fingerprint density at radius 1 is 1.06 bits per heavy atom. The van der Waals surface area contributed by atoms with Crippen LogP contribution in [-0.4, -0.2) is 23.0 Å². The number of ketones is 1. The zero-order chi connectivity index (χ0) is 24.7. The molecular weight excluding hydrogens is 485 g/mol. The number of hydrogen-bond acceptors (Lipinski definition) is 5. The van der Waals surface area contributed by atoms with Gasteiger partial charge in [0.1, 0.15) is 11.9 Å². The molecule has 0 radical (unpaired) electrons. The third-order valence-corrected chi connectivity index (χ3v) is 7.89. The summed E-state index contributed by atoms with van der Waals surface area (Å²) in [5.74, 6) is -1.21. The molecule has 7 heteroatoms. The third kappa shape index (κ3) is 4.60. The first kappa shape index (κ1) is 24.0. The van der Waals surface area contributed by atoms with Crippen LogP contribution in [-0.2, 0) is 14.3 Å². The number of carbonyl (C=O) groups is 2. The Morgan fingerprint density at radius 3 is 2.43 bits per heavy atom. The number of halogens is 2. The number of aromatic hydroxyl groups is 1. The van der Waals surface area contributed by atoms with Crippen molar-refractivity contribution in [3.05, 3.63) is 86.2 Å². The molecule has 1 heterocycles. The van der Waals surface area contributed by atoms with E-state index in [1.807, 2.05) is 13.0 Å². The summed E-state index contributed by atoms with van der Waals surface area (Å²) in [7, 11) is 0. The molecule has 0 saturated heterocycles. The van der Waals surface area contributed by atoms with Crippen LogP contribution in [0.1, 0.15) is 68.4 Å². The van der Waals surface area contributed by atoms with Gasteiger partial charge in [-0.1, -0.05) is 41.4 Å². The van der Waals surface area contributed by atoms with Gasteiger partial charge in [0.2, 0.25) is 0 Å². The molecule has 0 amide bonds. The number of nitrogens with one attached hydrogen (secondary N) is 1. The van der Waals surface area contributed by atoms with E-state index in [-0.39, 0.29) is 30.0 Å². The Morgan fingerprint density at radius 2 is 1.74 bits per heavy atom. The van der Waals surface area contributed by atoms with E-state index in [2.05, 4.69) is 5.32 Å². The Hall–Kier alpha value is -2.76. The van der Waals surface area contributed by atoms with Gasteiger partial charge in [-0.25, -0.2) is 4.79 Å². The normalized spacial score (nSPS) is 22.8. The minimum Gasteiger partial charge on any atom is -0.508 e. The monoisotopic (exact) mass is 511 g/mol. The van der Waals surface area contributed by atoms with Gasteiger partial charge in [0.25, 0.3) is 0 Å². The molecule has 1 saturated carbocycles. The molecule has 35 heavy (non-hydrogen) atoms. The van der Waals surface area contributed by atoms with Crippen molar-refractivity contribution in [2.45, 2.75) is 63.4 Å². The number of benzene rings is 2. The second-order valence-corrected chi connectivity index (χ2v) is 10.4. The Labute approximate surface area is 214 Å². The van der Waals surface area contributed by atoms with Crippen LogP contribution in [0.3, 0.4) is 0 Å². The van der Waals surface area contributed by atoms with Gasteiger partial charge in [-0.2, -0.15) is 0 Å². The maximum Gasteiger partial charge on any atom is 0.337 e. The number of phenols is 1. The van der Waals surface area contributed by atoms with E-state index < -0.39 is 11.9 Å². The number of ether oxygens (including phenoxy) is 1. The van der Waals surface area contributed by atoms with Crippen molar-refractivity contribution < 1.29 is 19.4 Å². The van der Waals surface area contributed by atoms with Crippen LogP contribution in [0.15, 0.2) is 65.0 Å². The Bertz CT molecular complexity index is 1240. The molecule has 3 aliphatic rings. The predicted octanol–water partition coefficient (Wildman–Crippen LogP) is 6.55. The Kier molecular flexibility index (Phi) is 6.65. The van der Waals surface area contributed by atoms with Gasteiger partial charge in [-0.05, 0) is 80.3 Å². The van der Waals surface area contributed by atoms with Crippen molar-refractivity contribution in [2.24, 2.45) is 0 Å². The van der Waals surface area contributed by atoms with Crippen LogP contribution < -0.4 is 5.32 Å². The molecule has 0 bridgehead atoms. The Balaban J connectivity index is 1.57. The quantitative estimate of drug-likeness (QED) is 0.455. The fraction of sp³-hybridized carbons (Fsp3) is 0.357. The first-order valence-electron chi connectivity index (χ1n) is 12.0. The molecule has 0 spiro atoms. The van der Waals surface area contributed by atoms with Crippen LogP contribution in [0, 0.1) is 0 Å². The van der Waals surface area contributed by atoms with Crippen molar-refractivity contribution in [1.82, 2.24) is 5.32 Å². The molecule has 2 aromatic carbocycles. The minimum atomic E-state index is -0.623. The summed E-state index contributed by atoms with van der Waals surface area (Å²) in [5.41, 5.74) is 3.81. The molecule has 2 atom stereocenters. The van der Waals surface area contributed by atoms with E-state index in [0.717, 1.165) is 36.9 Å². The standard InChI is InChI=1S/C28H27Cl2NO4/c1-15-24(28(34)35-19-8-2-3-9-19)26(16-6-4-7-18(32)12-16)27-22(31-15)13-17(14-23(27)33)25-20(29)10-5-11-21(25)30/h4-7,10-12,17,19,26,31-32H,2-3,8-9,13-14H2,1H3. The van der Waals surface area contributed by atoms with E-state index in [1.54, 1.807) is 36.4 Å². The van der Waals surface area contributed by atoms with Crippen LogP contribution in [0.4, 0.5) is 0 Å². The number of Topliss-reactive ketones (excluding diaryl/α,β-unsaturated/α-hetero) is 1. The molecule has 5 rings (SSSR count). The van der Waals surface area contributed by atoms with Crippen molar-refractivity contribution in [1.29, 1.82) is 0 Å². The molecule has 2 aliphatic carbocycles. The second-order valence-electron chi connectivity index (χ2n) is 9.56. The first-order chi connectivity index (χ1) is 16.8. The van der Waals surface area contributed by atoms with Crippen molar-refractivity contribution >= 4 is 35.0 Å². The molecule has 0 aromatic heterocycles. The summed E-state index contributed by atoms with van der Waals surface area (Å²) in [5, 5.41) is 14.6. The smallest absolute Gasteiger partial charge is 0.337 e. The van der Waals surface area contributed by atoms with Crippen molar-refractivity contribution in [3.63, 3.8) is 0 Å². The third-order valence-electron chi connectivity index (χ3n) is 7.23. The summed E-state index contributed by atoms with van der Waals surface area (Å²) in [4.78, 5) is 27.1. The van der Waals surface area contributed by atoms with E-state index in [1.165, 1.54) is 0 Å². The minimum absolute atomic E-state index is 0.0771. The van der Waals surface area contributed by atoms with Crippen molar-refractivity contribution in [3.8, 4) is 5.75 Å². The van der Waals surface area contributed by atoms with Gasteiger partial charge in [0, 0.05) is 39.4 Å². The highest BCUT2D eigenvalue weighted by molar-refractivity contribution is 6.36. The summed E-state index contributed by atoms with van der Waals surface area (Å²) < 4.78 is 5.87. The molecule has 1 fully saturated rings. The number of rotatable bonds is 4. The zero-order valence-corrected chi connectivity index (χ0v) is 21.0. The van der Waals surface area contributed by atoms with Crippen LogP contribution in [0.2, 0.25) is 10.0 Å². The van der Waals surface area contributed by atoms with E-state index in [4.69, 9.17) is 27.9 Å². The van der Waals surface area contributed by atoms with Gasteiger partial charge in [0.05, 0.1) is 5.57 Å². The van der Waals surface area contributed by atoms with Gasteiger partial charge < -0.3 is 15.2 Å². The van der Waals surface area contributed by atoms with E-state index in [0.29, 0.717) is 38.9 Å². The lowest BCUT2D eigenvalue weighted by atomic mass is 9.71. The average Bonchev–Trinajstić information content (AvgIpc) is 3.31. The zero-order valence-electron chi connectivity index (χ0n) is 19.4. The van der Waals surface area contributed by atoms with Crippen LogP contribution >= 0.6 is 23.2 Å². The largest absolute Gasteiger partial charge is 0.508 e. The number of esters is 1. The molecule has 2 unspecified atom stereocenters. The lowest BCUT2D eigenvalue weighted by molar-refractivity contribution is -0.144. The molecule has 2 N–H and O–H groups in total. The number of hydrogen-bond donors (Lipinski definition) is 2. The number of allylic oxidation sites excluding steroid dienone is 3. The lowest BCUT2D eigenvalue weighted by Crippen LogP contribution is -2.36. The summed E-state index contributed by atoms with van der Waals surface area (Å²) >= 11 is 12.9. The summed E-state index contributed by atoms with van der Waals surface area (Å²) in [6, 6.07) is 12.1. The van der Waals surface area contributed by atoms with Gasteiger partial charge >= 0.3 is 5.97 Å². The number of phenolic OH excluding ortho intramolecular Hbond substituents is 1. The SMILES string of the molecule is CC1=C(C(=O)OC2CCCC2)C(c2cccc(O)c2)C2=C(CC(c3c(Cl)cccc3Cl)CC2=O)N1. The van der Waals surface area contributed by atoms with E-state index in [9.17, 15) is 14.7 Å². The average molecular weight is 512 g/mol. The summed E-state index contributed by atoms with van der Waals surface area (Å²) in [6.45, 7) is 1.83. The molecule has 5 nitrogen and oxygen atoms in total. The van der Waals surface area contributed by atoms with Gasteiger partial charge in [0.15, 0.2) is 5.78 Å². The van der Waals surface area contributed by atoms with Gasteiger partial charge in [-0.15, -0.1) is 0 Å². The second kappa shape index (κ2) is 9.71. The lowest BCUT2D eigenvalue weighted by Gasteiger charge is -2.37. The predicted molar refractivity (Wildman–Crippen MR) is 136 cm³/mol. The molecule has 2 aromatic rings. The molecule has 182 valence electrons. The van der Waals surface area contributed by atoms with Crippen molar-refractivity contribution in [2.75, 3.05) is 0 Å². The fourth-order valence-electron chi connectivity index (χ4n) is 5.67. The highest BCUT2D eigenvalue weighted by atomic mass is 35.5. The maximum atomic E-state index is 13.7. The van der Waals surface area contributed by atoms with Crippen LogP contribution in [0.5, 0.6) is 5.75 Å². The number of carbonyl (C=O) groups excluding carboxylic acids is 2. The van der Waals surface area contributed by atoms with E-state index >= 15 is 0 Å². The number of dihydropyridines is 1. The summed E-state index contributed by atoms with van der Waals surface area (Å²) in [6.07, 6.45) is 4.46. The maximum absolute atomic E-state index is 13.7. The van der Waals surface area contributed by atoms with Crippen LogP contribution in [0.25, 0.3) is 0 Å². The van der Waals surface area contributed by atoms with Gasteiger partial charge in [-0.3, -0.25) is 4.79 Å². The molecule has 1 aliphatic heterocycles. The molecular formula is C28H27Cl2NO4. The fourth-order valence-corrected chi connectivity index (χ4v) is 6.38. The first-order valence-corrected chi connectivity index (χ1v) is 12.8. The topological polar surface area (TPSA) is 75.6 Å². The highest BCUT2D eigenvalue weighted by Gasteiger charge is 2.42.